The van der Waals surface area contributed by atoms with Crippen LogP contribution in [0.4, 0.5) is 0 Å². The normalized spacial score (nSPS) is 38.3. The van der Waals surface area contributed by atoms with Crippen molar-refractivity contribution in [3.8, 4) is 0 Å². The Morgan fingerprint density at radius 3 is 2.67 bits per heavy atom. The minimum Gasteiger partial charge on any atom is -0.310 e. The van der Waals surface area contributed by atoms with Crippen LogP contribution in [0.15, 0.2) is 0 Å². The molecule has 0 aromatic carbocycles. The molecule has 0 aromatic rings. The molecule has 1 saturated heterocycles. The second kappa shape index (κ2) is 5.50. The van der Waals surface area contributed by atoms with Gasteiger partial charge in [0, 0.05) is 18.1 Å². The molecular weight excluding hydrogens is 220 g/mol. The molecule has 2 aliphatic rings. The number of nitrogens with zero attached hydrogens (tertiary/aromatic N) is 1. The molecule has 18 heavy (non-hydrogen) atoms. The second-order valence-electron chi connectivity index (χ2n) is 7.58. The molecular formula is C16H32N2. The van der Waals surface area contributed by atoms with E-state index in [9.17, 15) is 0 Å². The smallest absolute Gasteiger partial charge is 0.0277 e. The van der Waals surface area contributed by atoms with Crippen molar-refractivity contribution < 1.29 is 0 Å². The summed E-state index contributed by atoms with van der Waals surface area (Å²) in [4.78, 5) is 2.80. The van der Waals surface area contributed by atoms with Crippen LogP contribution < -0.4 is 5.32 Å². The fraction of sp³-hybridized carbons (Fsp3) is 1.00. The summed E-state index contributed by atoms with van der Waals surface area (Å²) in [6, 6.07) is 0.833. The van der Waals surface area contributed by atoms with Crippen molar-refractivity contribution in [1.29, 1.82) is 0 Å². The molecule has 1 aliphatic heterocycles. The zero-order valence-corrected chi connectivity index (χ0v) is 12.9. The Kier molecular flexibility index (Phi) is 4.38. The monoisotopic (exact) mass is 252 g/mol. The molecule has 2 heteroatoms. The summed E-state index contributed by atoms with van der Waals surface area (Å²) in [5, 5.41) is 3.76. The van der Waals surface area contributed by atoms with Gasteiger partial charge in [-0.3, -0.25) is 4.90 Å². The topological polar surface area (TPSA) is 15.3 Å². The van der Waals surface area contributed by atoms with Gasteiger partial charge in [0.2, 0.25) is 0 Å². The Morgan fingerprint density at radius 1 is 1.22 bits per heavy atom. The van der Waals surface area contributed by atoms with E-state index >= 15 is 0 Å². The van der Waals surface area contributed by atoms with Crippen LogP contribution in [-0.4, -0.2) is 36.1 Å². The molecule has 2 nitrogen and oxygen atoms in total. The Balaban J connectivity index is 2.02. The third kappa shape index (κ3) is 3.48. The zero-order valence-electron chi connectivity index (χ0n) is 12.9. The predicted molar refractivity (Wildman–Crippen MR) is 78.9 cm³/mol. The number of hydrogen-bond donors (Lipinski definition) is 1. The fourth-order valence-corrected chi connectivity index (χ4v) is 3.77. The fourth-order valence-electron chi connectivity index (χ4n) is 3.77. The van der Waals surface area contributed by atoms with Gasteiger partial charge in [-0.2, -0.15) is 0 Å². The van der Waals surface area contributed by atoms with E-state index in [1.807, 2.05) is 0 Å². The van der Waals surface area contributed by atoms with Crippen LogP contribution in [0.2, 0.25) is 0 Å². The molecule has 0 spiro atoms. The molecule has 1 N–H and O–H groups in total. The van der Waals surface area contributed by atoms with E-state index in [4.69, 9.17) is 0 Å². The SMILES string of the molecule is CCC1(C)CN(C2CCCC(C)(C)C2)CCCN1. The quantitative estimate of drug-likeness (QED) is 0.810. The van der Waals surface area contributed by atoms with Crippen LogP contribution in [-0.2, 0) is 0 Å². The highest BCUT2D eigenvalue weighted by molar-refractivity contribution is 4.93. The summed E-state index contributed by atoms with van der Waals surface area (Å²) in [6.07, 6.45) is 8.20. The van der Waals surface area contributed by atoms with Crippen molar-refractivity contribution in [1.82, 2.24) is 10.2 Å². The standard InChI is InChI=1S/C16H32N2/c1-5-16(4)13-18(11-7-10-17-16)14-8-6-9-15(2,3)12-14/h14,17H,5-13H2,1-4H3. The highest BCUT2D eigenvalue weighted by atomic mass is 15.2. The average molecular weight is 252 g/mol. The van der Waals surface area contributed by atoms with Gasteiger partial charge in [0.25, 0.3) is 0 Å². The molecule has 1 heterocycles. The Hall–Kier alpha value is -0.0800. The van der Waals surface area contributed by atoms with E-state index in [0.29, 0.717) is 11.0 Å². The van der Waals surface area contributed by atoms with Crippen LogP contribution >= 0.6 is 0 Å². The summed E-state index contributed by atoms with van der Waals surface area (Å²) in [6.45, 7) is 13.4. The molecule has 2 rings (SSSR count). The first-order chi connectivity index (χ1) is 8.44. The van der Waals surface area contributed by atoms with Gasteiger partial charge in [0.05, 0.1) is 0 Å². The van der Waals surface area contributed by atoms with Crippen molar-refractivity contribution in [2.24, 2.45) is 5.41 Å². The molecule has 0 bridgehead atoms. The lowest BCUT2D eigenvalue weighted by Gasteiger charge is -2.43. The van der Waals surface area contributed by atoms with Crippen molar-refractivity contribution >= 4 is 0 Å². The first kappa shape index (κ1) is 14.3. The van der Waals surface area contributed by atoms with Crippen molar-refractivity contribution in [2.75, 3.05) is 19.6 Å². The summed E-state index contributed by atoms with van der Waals surface area (Å²) in [7, 11) is 0. The van der Waals surface area contributed by atoms with Gasteiger partial charge in [0.1, 0.15) is 0 Å². The molecule has 2 atom stereocenters. The van der Waals surface area contributed by atoms with Crippen molar-refractivity contribution in [3.63, 3.8) is 0 Å². The summed E-state index contributed by atoms with van der Waals surface area (Å²) in [5.74, 6) is 0. The van der Waals surface area contributed by atoms with Crippen LogP contribution in [0.5, 0.6) is 0 Å². The highest BCUT2D eigenvalue weighted by Gasteiger charge is 2.35. The van der Waals surface area contributed by atoms with Crippen LogP contribution in [0.3, 0.4) is 0 Å². The lowest BCUT2D eigenvalue weighted by molar-refractivity contribution is 0.0801. The Labute approximate surface area is 114 Å². The lowest BCUT2D eigenvalue weighted by Crippen LogP contribution is -2.52. The van der Waals surface area contributed by atoms with E-state index in [0.717, 1.165) is 6.04 Å². The molecule has 0 aromatic heterocycles. The third-order valence-corrected chi connectivity index (χ3v) is 5.20. The molecule has 0 amide bonds. The van der Waals surface area contributed by atoms with Gasteiger partial charge in [-0.05, 0) is 57.5 Å². The van der Waals surface area contributed by atoms with E-state index in [1.54, 1.807) is 0 Å². The van der Waals surface area contributed by atoms with Gasteiger partial charge in [-0.1, -0.05) is 27.2 Å². The predicted octanol–water partition coefficient (Wildman–Crippen LogP) is 3.42. The van der Waals surface area contributed by atoms with E-state index in [2.05, 4.69) is 37.9 Å². The van der Waals surface area contributed by atoms with Crippen molar-refractivity contribution in [2.45, 2.75) is 77.8 Å². The van der Waals surface area contributed by atoms with E-state index in [-0.39, 0.29) is 0 Å². The van der Waals surface area contributed by atoms with Crippen molar-refractivity contribution in [3.05, 3.63) is 0 Å². The maximum atomic E-state index is 3.76. The van der Waals surface area contributed by atoms with Gasteiger partial charge in [-0.25, -0.2) is 0 Å². The van der Waals surface area contributed by atoms with Crippen LogP contribution in [0.1, 0.15) is 66.2 Å². The number of rotatable bonds is 2. The van der Waals surface area contributed by atoms with Gasteiger partial charge < -0.3 is 5.32 Å². The highest BCUT2D eigenvalue weighted by Crippen LogP contribution is 2.38. The lowest BCUT2D eigenvalue weighted by atomic mass is 9.74. The van der Waals surface area contributed by atoms with Crippen LogP contribution in [0.25, 0.3) is 0 Å². The van der Waals surface area contributed by atoms with Gasteiger partial charge >= 0.3 is 0 Å². The zero-order chi connectivity index (χ0) is 13.2. The third-order valence-electron chi connectivity index (χ3n) is 5.20. The Morgan fingerprint density at radius 2 is 2.00 bits per heavy atom. The van der Waals surface area contributed by atoms with Crippen LogP contribution in [0, 0.1) is 5.41 Å². The number of nitrogens with one attached hydrogen (secondary N) is 1. The Bertz CT molecular complexity index is 274. The maximum Gasteiger partial charge on any atom is 0.0277 e. The largest absolute Gasteiger partial charge is 0.310 e. The molecule has 0 radical (unpaired) electrons. The first-order valence-corrected chi connectivity index (χ1v) is 7.93. The minimum absolute atomic E-state index is 0.331. The molecule has 1 saturated carbocycles. The molecule has 2 unspecified atom stereocenters. The molecule has 2 fully saturated rings. The molecule has 1 aliphatic carbocycles. The summed E-state index contributed by atoms with van der Waals surface area (Å²) < 4.78 is 0. The van der Waals surface area contributed by atoms with E-state index < -0.39 is 0 Å². The summed E-state index contributed by atoms with van der Waals surface area (Å²) >= 11 is 0. The second-order valence-corrected chi connectivity index (χ2v) is 7.58. The average Bonchev–Trinajstić information content (AvgIpc) is 2.51. The first-order valence-electron chi connectivity index (χ1n) is 7.93. The van der Waals surface area contributed by atoms with Gasteiger partial charge in [0.15, 0.2) is 0 Å². The van der Waals surface area contributed by atoms with E-state index in [1.165, 1.54) is 58.2 Å². The maximum absolute atomic E-state index is 3.76. The minimum atomic E-state index is 0.331. The molecule has 106 valence electrons. The van der Waals surface area contributed by atoms with Gasteiger partial charge in [-0.15, -0.1) is 0 Å². The number of hydrogen-bond acceptors (Lipinski definition) is 2. The summed E-state index contributed by atoms with van der Waals surface area (Å²) in [5.41, 5.74) is 0.892.